The topological polar surface area (TPSA) is 38.3 Å². The minimum Gasteiger partial charge on any atom is -0.464 e. The quantitative estimate of drug-likeness (QED) is 0.438. The number of ether oxygens (including phenoxy) is 1. The average Bonchev–Trinajstić information content (AvgIpc) is 2.85. The number of allylic oxidation sites excluding steroid dienone is 2. The van der Waals surface area contributed by atoms with Crippen molar-refractivity contribution in [2.24, 2.45) is 17.8 Å². The molecule has 2 aliphatic rings. The monoisotopic (exact) mass is 223 g/mol. The van der Waals surface area contributed by atoms with Crippen LogP contribution in [0.1, 0.15) is 26.7 Å². The third kappa shape index (κ3) is 2.64. The van der Waals surface area contributed by atoms with Crippen molar-refractivity contribution in [2.75, 3.05) is 13.2 Å². The van der Waals surface area contributed by atoms with Gasteiger partial charge in [0.1, 0.15) is 6.61 Å². The molecular weight excluding hydrogens is 202 g/mol. The van der Waals surface area contributed by atoms with Gasteiger partial charge in [-0.15, -0.1) is 0 Å². The Kier molecular flexibility index (Phi) is 3.64. The highest BCUT2D eigenvalue weighted by molar-refractivity contribution is 5.74. The number of rotatable bonds is 5. The molecule has 3 unspecified atom stereocenters. The summed E-state index contributed by atoms with van der Waals surface area (Å²) in [5, 5.41) is 3.23. The summed E-state index contributed by atoms with van der Waals surface area (Å²) in [6, 6.07) is 0.448. The summed E-state index contributed by atoms with van der Waals surface area (Å²) in [4.78, 5) is 11.8. The van der Waals surface area contributed by atoms with Crippen LogP contribution in [0.2, 0.25) is 0 Å². The summed E-state index contributed by atoms with van der Waals surface area (Å²) < 4.78 is 5.29. The van der Waals surface area contributed by atoms with E-state index < -0.39 is 0 Å². The lowest BCUT2D eigenvalue weighted by Crippen LogP contribution is -2.29. The smallest absolute Gasteiger partial charge is 0.309 e. The second kappa shape index (κ2) is 5.00. The van der Waals surface area contributed by atoms with Gasteiger partial charge in [0.25, 0.3) is 0 Å². The molecule has 2 aliphatic carbocycles. The highest BCUT2D eigenvalue weighted by atomic mass is 16.5. The number of nitrogens with one attached hydrogen (secondary N) is 1. The molecule has 1 N–H and O–H groups in total. The largest absolute Gasteiger partial charge is 0.464 e. The van der Waals surface area contributed by atoms with Gasteiger partial charge < -0.3 is 10.1 Å². The van der Waals surface area contributed by atoms with Gasteiger partial charge >= 0.3 is 5.97 Å². The zero-order chi connectivity index (χ0) is 11.5. The van der Waals surface area contributed by atoms with Gasteiger partial charge in [-0.2, -0.15) is 0 Å². The van der Waals surface area contributed by atoms with E-state index in [2.05, 4.69) is 31.3 Å². The van der Waals surface area contributed by atoms with Crippen molar-refractivity contribution >= 4 is 5.97 Å². The molecule has 0 aromatic carbocycles. The molecule has 2 bridgehead atoms. The Balaban J connectivity index is 1.67. The second-order valence-electron chi connectivity index (χ2n) is 5.16. The maximum absolute atomic E-state index is 11.8. The summed E-state index contributed by atoms with van der Waals surface area (Å²) in [6.45, 7) is 5.42. The van der Waals surface area contributed by atoms with Crippen molar-refractivity contribution in [3.8, 4) is 0 Å². The molecule has 0 aromatic heterocycles. The first-order valence-electron chi connectivity index (χ1n) is 6.25. The molecule has 3 nitrogen and oxygen atoms in total. The van der Waals surface area contributed by atoms with E-state index in [1.165, 1.54) is 0 Å². The molecule has 0 spiro atoms. The highest BCUT2D eigenvalue weighted by Crippen LogP contribution is 2.43. The molecular formula is C13H21NO2. The molecule has 0 aromatic rings. The van der Waals surface area contributed by atoms with Crippen molar-refractivity contribution in [3.05, 3.63) is 12.2 Å². The highest BCUT2D eigenvalue weighted by Gasteiger charge is 2.40. The predicted molar refractivity (Wildman–Crippen MR) is 62.9 cm³/mol. The number of fused-ring (bicyclic) bond motifs is 2. The zero-order valence-electron chi connectivity index (χ0n) is 10.1. The van der Waals surface area contributed by atoms with Crippen molar-refractivity contribution in [3.63, 3.8) is 0 Å². The first kappa shape index (κ1) is 11.6. The number of hydrogen-bond acceptors (Lipinski definition) is 3. The standard InChI is InChI=1S/C13H21NO2/c1-9(2)14-5-6-16-13(15)12-8-10-3-4-11(12)7-10/h3-4,9-12,14H,5-8H2,1-2H3. The summed E-state index contributed by atoms with van der Waals surface area (Å²) in [7, 11) is 0. The minimum absolute atomic E-state index is 0.00223. The number of hydrogen-bond donors (Lipinski definition) is 1. The van der Waals surface area contributed by atoms with E-state index in [0.717, 1.165) is 19.4 Å². The number of carbonyl (C=O) groups is 1. The van der Waals surface area contributed by atoms with Crippen molar-refractivity contribution in [1.82, 2.24) is 5.32 Å². The van der Waals surface area contributed by atoms with Crippen molar-refractivity contribution in [1.29, 1.82) is 0 Å². The van der Waals surface area contributed by atoms with E-state index in [-0.39, 0.29) is 11.9 Å². The fourth-order valence-corrected chi connectivity index (χ4v) is 2.66. The molecule has 0 aliphatic heterocycles. The fourth-order valence-electron chi connectivity index (χ4n) is 2.66. The lowest BCUT2D eigenvalue weighted by molar-refractivity contribution is -0.149. The van der Waals surface area contributed by atoms with Crippen LogP contribution in [0, 0.1) is 17.8 Å². The van der Waals surface area contributed by atoms with Gasteiger partial charge in [0.05, 0.1) is 5.92 Å². The summed E-state index contributed by atoms with van der Waals surface area (Å²) in [6.07, 6.45) is 6.59. The van der Waals surface area contributed by atoms with Crippen LogP contribution >= 0.6 is 0 Å². The Hall–Kier alpha value is -0.830. The molecule has 16 heavy (non-hydrogen) atoms. The molecule has 0 radical (unpaired) electrons. The third-order valence-electron chi connectivity index (χ3n) is 3.48. The summed E-state index contributed by atoms with van der Waals surface area (Å²) in [5.74, 6) is 1.23. The van der Waals surface area contributed by atoms with Gasteiger partial charge in [-0.05, 0) is 24.7 Å². The van der Waals surface area contributed by atoms with Crippen LogP contribution in [0.25, 0.3) is 0 Å². The molecule has 1 saturated carbocycles. The third-order valence-corrected chi connectivity index (χ3v) is 3.48. The lowest BCUT2D eigenvalue weighted by Gasteiger charge is -2.17. The van der Waals surface area contributed by atoms with Crippen molar-refractivity contribution < 1.29 is 9.53 Å². The lowest BCUT2D eigenvalue weighted by atomic mass is 9.94. The van der Waals surface area contributed by atoms with Gasteiger partial charge in [-0.25, -0.2) is 0 Å². The first-order chi connectivity index (χ1) is 7.66. The Bertz CT molecular complexity index is 286. The van der Waals surface area contributed by atoms with Crippen LogP contribution in [0.5, 0.6) is 0 Å². The summed E-state index contributed by atoms with van der Waals surface area (Å²) in [5.41, 5.74) is 0. The Morgan fingerprint density at radius 2 is 2.25 bits per heavy atom. The second-order valence-corrected chi connectivity index (χ2v) is 5.16. The normalized spacial score (nSPS) is 31.3. The van der Waals surface area contributed by atoms with Gasteiger partial charge in [-0.1, -0.05) is 26.0 Å². The van der Waals surface area contributed by atoms with E-state index in [1.54, 1.807) is 0 Å². The van der Waals surface area contributed by atoms with Crippen LogP contribution in [0.15, 0.2) is 12.2 Å². The van der Waals surface area contributed by atoms with Gasteiger partial charge in [-0.3, -0.25) is 4.79 Å². The number of carbonyl (C=O) groups excluding carboxylic acids is 1. The van der Waals surface area contributed by atoms with E-state index in [4.69, 9.17) is 4.74 Å². The molecule has 1 fully saturated rings. The van der Waals surface area contributed by atoms with Crippen LogP contribution < -0.4 is 5.32 Å². The predicted octanol–water partition coefficient (Wildman–Crippen LogP) is 1.74. The van der Waals surface area contributed by atoms with Crippen LogP contribution in [-0.4, -0.2) is 25.2 Å². The fraction of sp³-hybridized carbons (Fsp3) is 0.769. The maximum Gasteiger partial charge on any atom is 0.309 e. The average molecular weight is 223 g/mol. The van der Waals surface area contributed by atoms with Crippen LogP contribution in [0.4, 0.5) is 0 Å². The molecule has 90 valence electrons. The Morgan fingerprint density at radius 1 is 1.44 bits per heavy atom. The van der Waals surface area contributed by atoms with Gasteiger partial charge in [0.15, 0.2) is 0 Å². The Morgan fingerprint density at radius 3 is 2.81 bits per heavy atom. The molecule has 0 saturated heterocycles. The summed E-state index contributed by atoms with van der Waals surface area (Å²) >= 11 is 0. The first-order valence-corrected chi connectivity index (χ1v) is 6.25. The molecule has 0 amide bonds. The van der Waals surface area contributed by atoms with Crippen LogP contribution in [0.3, 0.4) is 0 Å². The SMILES string of the molecule is CC(C)NCCOC(=O)C1CC2C=CC1C2. The molecule has 0 heterocycles. The van der Waals surface area contributed by atoms with E-state index >= 15 is 0 Å². The zero-order valence-corrected chi connectivity index (χ0v) is 10.1. The maximum atomic E-state index is 11.8. The van der Waals surface area contributed by atoms with Crippen LogP contribution in [-0.2, 0) is 9.53 Å². The van der Waals surface area contributed by atoms with E-state index in [1.807, 2.05) is 0 Å². The molecule has 3 atom stereocenters. The number of esters is 1. The van der Waals surface area contributed by atoms with E-state index in [0.29, 0.717) is 24.5 Å². The molecule has 2 rings (SSSR count). The van der Waals surface area contributed by atoms with Gasteiger partial charge in [0, 0.05) is 12.6 Å². The minimum atomic E-state index is 0.00223. The van der Waals surface area contributed by atoms with Gasteiger partial charge in [0.2, 0.25) is 0 Å². The Labute approximate surface area is 97.2 Å². The molecule has 3 heteroatoms. The van der Waals surface area contributed by atoms with E-state index in [9.17, 15) is 4.79 Å². The van der Waals surface area contributed by atoms with Crippen molar-refractivity contribution in [2.45, 2.75) is 32.7 Å².